The number of nitrogens with zero attached hydrogens (tertiary/aromatic N) is 2. The number of hydrogen-bond acceptors (Lipinski definition) is 3. The van der Waals surface area contributed by atoms with E-state index in [9.17, 15) is 4.39 Å². The van der Waals surface area contributed by atoms with E-state index in [-0.39, 0.29) is 0 Å². The molecule has 0 amide bonds. The van der Waals surface area contributed by atoms with Gasteiger partial charge in [0.1, 0.15) is 0 Å². The van der Waals surface area contributed by atoms with Crippen molar-refractivity contribution in [3.63, 3.8) is 0 Å². The molecule has 0 aliphatic carbocycles. The molecule has 0 N–H and O–H groups in total. The van der Waals surface area contributed by atoms with Crippen LogP contribution in [-0.4, -0.2) is 22.7 Å². The summed E-state index contributed by atoms with van der Waals surface area (Å²) in [7, 11) is 0. The first kappa shape index (κ1) is 20.3. The third kappa shape index (κ3) is 7.11. The van der Waals surface area contributed by atoms with Gasteiger partial charge in [0.2, 0.25) is 0 Å². The maximum absolute atomic E-state index is 13.3. The van der Waals surface area contributed by atoms with Gasteiger partial charge in [0.15, 0.2) is 11.6 Å². The van der Waals surface area contributed by atoms with Gasteiger partial charge in [-0.05, 0) is 37.7 Å². The summed E-state index contributed by atoms with van der Waals surface area (Å²) in [4.78, 5) is 8.81. The van der Waals surface area contributed by atoms with Crippen molar-refractivity contribution in [2.75, 3.05) is 6.61 Å². The minimum Gasteiger partial charge on any atom is -0.490 e. The van der Waals surface area contributed by atoms with Gasteiger partial charge in [-0.25, -0.2) is 14.4 Å². The Morgan fingerprint density at radius 3 is 2.35 bits per heavy atom. The van der Waals surface area contributed by atoms with E-state index < -0.39 is 6.17 Å². The van der Waals surface area contributed by atoms with Gasteiger partial charge in [-0.1, -0.05) is 57.4 Å². The Labute approximate surface area is 157 Å². The molecular formula is C22H31FN2O. The smallest absolute Gasteiger partial charge is 0.159 e. The van der Waals surface area contributed by atoms with Crippen molar-refractivity contribution in [3.8, 4) is 17.1 Å². The molecule has 0 bridgehead atoms. The molecule has 0 fully saturated rings. The van der Waals surface area contributed by atoms with Crippen molar-refractivity contribution in [1.29, 1.82) is 0 Å². The number of benzene rings is 1. The number of halogens is 1. The Bertz CT molecular complexity index is 613. The molecule has 0 saturated heterocycles. The van der Waals surface area contributed by atoms with Crippen molar-refractivity contribution >= 4 is 0 Å². The van der Waals surface area contributed by atoms with Crippen LogP contribution in [0.3, 0.4) is 0 Å². The molecule has 0 saturated carbocycles. The average Bonchev–Trinajstić information content (AvgIpc) is 2.69. The van der Waals surface area contributed by atoms with Crippen LogP contribution in [0.2, 0.25) is 0 Å². The molecule has 1 aromatic heterocycles. The molecule has 0 aliphatic rings. The van der Waals surface area contributed by atoms with Gasteiger partial charge < -0.3 is 4.74 Å². The van der Waals surface area contributed by atoms with Crippen molar-refractivity contribution in [3.05, 3.63) is 42.2 Å². The second-order valence-electron chi connectivity index (χ2n) is 6.75. The normalized spacial score (nSPS) is 12.1. The average molecular weight is 359 g/mol. The van der Waals surface area contributed by atoms with E-state index >= 15 is 0 Å². The van der Waals surface area contributed by atoms with Crippen LogP contribution in [-0.2, 0) is 6.42 Å². The van der Waals surface area contributed by atoms with Crippen molar-refractivity contribution in [2.45, 2.75) is 71.4 Å². The number of aromatic nitrogens is 2. The van der Waals surface area contributed by atoms with Gasteiger partial charge in [-0.2, -0.15) is 0 Å². The molecule has 1 atom stereocenters. The van der Waals surface area contributed by atoms with Gasteiger partial charge in [-0.15, -0.1) is 0 Å². The highest BCUT2D eigenvalue weighted by molar-refractivity contribution is 5.55. The number of alkyl halides is 1. The zero-order valence-electron chi connectivity index (χ0n) is 16.1. The molecule has 0 aliphatic heterocycles. The number of aryl methyl sites for hydroxylation is 1. The molecule has 0 spiro atoms. The molecular weight excluding hydrogens is 327 g/mol. The first-order valence-electron chi connectivity index (χ1n) is 9.91. The Kier molecular flexibility index (Phi) is 9.08. The molecule has 26 heavy (non-hydrogen) atoms. The summed E-state index contributed by atoms with van der Waals surface area (Å²) in [5.41, 5.74) is 2.21. The minimum absolute atomic E-state index is 0.606. The predicted octanol–water partition coefficient (Wildman–Crippen LogP) is 6.17. The van der Waals surface area contributed by atoms with E-state index in [0.29, 0.717) is 18.7 Å². The third-order valence-corrected chi connectivity index (χ3v) is 4.53. The Morgan fingerprint density at radius 2 is 1.69 bits per heavy atom. The van der Waals surface area contributed by atoms with E-state index in [2.05, 4.69) is 29.0 Å². The number of hydrogen-bond donors (Lipinski definition) is 0. The van der Waals surface area contributed by atoms with Crippen LogP contribution in [0.25, 0.3) is 11.4 Å². The van der Waals surface area contributed by atoms with E-state index in [1.807, 2.05) is 19.1 Å². The molecule has 1 heterocycles. The lowest BCUT2D eigenvalue weighted by atomic mass is 10.0. The fourth-order valence-corrected chi connectivity index (χ4v) is 2.81. The standard InChI is InChI=1S/C22H31FN2O/c1-3-5-6-7-15-26-21-16-24-22(25-17-21)19-13-11-18(12-14-19)9-8-10-20(23)4-2/h11-14,16-17,20H,3-10,15H2,1-2H3. The number of rotatable bonds is 12. The maximum Gasteiger partial charge on any atom is 0.159 e. The predicted molar refractivity (Wildman–Crippen MR) is 105 cm³/mol. The second kappa shape index (κ2) is 11.6. The van der Waals surface area contributed by atoms with E-state index in [1.165, 1.54) is 24.8 Å². The summed E-state index contributed by atoms with van der Waals surface area (Å²) in [5, 5.41) is 0. The largest absolute Gasteiger partial charge is 0.490 e. The molecule has 0 radical (unpaired) electrons. The summed E-state index contributed by atoms with van der Waals surface area (Å²) < 4.78 is 18.9. The number of unbranched alkanes of at least 4 members (excludes halogenated alkanes) is 3. The lowest BCUT2D eigenvalue weighted by molar-refractivity contribution is 0.300. The first-order valence-corrected chi connectivity index (χ1v) is 9.91. The number of ether oxygens (including phenoxy) is 1. The first-order chi connectivity index (χ1) is 12.7. The Hall–Kier alpha value is -1.97. The highest BCUT2D eigenvalue weighted by atomic mass is 19.1. The zero-order valence-corrected chi connectivity index (χ0v) is 16.1. The molecule has 4 heteroatoms. The molecule has 2 rings (SSSR count). The SMILES string of the molecule is CCCCCCOc1cnc(-c2ccc(CCCC(F)CC)cc2)nc1. The second-order valence-corrected chi connectivity index (χ2v) is 6.75. The highest BCUT2D eigenvalue weighted by Crippen LogP contribution is 2.19. The lowest BCUT2D eigenvalue weighted by Crippen LogP contribution is -1.99. The Balaban J connectivity index is 1.81. The van der Waals surface area contributed by atoms with Crippen molar-refractivity contribution in [1.82, 2.24) is 9.97 Å². The van der Waals surface area contributed by atoms with Crippen LogP contribution in [0.4, 0.5) is 4.39 Å². The van der Waals surface area contributed by atoms with E-state index in [4.69, 9.17) is 4.74 Å². The lowest BCUT2D eigenvalue weighted by Gasteiger charge is -2.07. The van der Waals surface area contributed by atoms with Crippen LogP contribution in [0, 0.1) is 0 Å². The molecule has 1 unspecified atom stereocenters. The van der Waals surface area contributed by atoms with Crippen LogP contribution >= 0.6 is 0 Å². The summed E-state index contributed by atoms with van der Waals surface area (Å²) in [6.07, 6.45) is 10.6. The molecule has 2 aromatic rings. The summed E-state index contributed by atoms with van der Waals surface area (Å²) in [6.45, 7) is 4.81. The van der Waals surface area contributed by atoms with Gasteiger partial charge in [0, 0.05) is 5.56 Å². The van der Waals surface area contributed by atoms with Gasteiger partial charge >= 0.3 is 0 Å². The third-order valence-electron chi connectivity index (χ3n) is 4.53. The monoisotopic (exact) mass is 358 g/mol. The molecule has 1 aromatic carbocycles. The van der Waals surface area contributed by atoms with Crippen LogP contribution in [0.15, 0.2) is 36.7 Å². The quantitative estimate of drug-likeness (QED) is 0.425. The fraction of sp³-hybridized carbons (Fsp3) is 0.545. The Morgan fingerprint density at radius 1 is 0.962 bits per heavy atom. The summed E-state index contributed by atoms with van der Waals surface area (Å²) in [5.74, 6) is 1.42. The van der Waals surface area contributed by atoms with Crippen molar-refractivity contribution < 1.29 is 9.13 Å². The fourth-order valence-electron chi connectivity index (χ4n) is 2.81. The molecule has 142 valence electrons. The highest BCUT2D eigenvalue weighted by Gasteiger charge is 2.05. The van der Waals surface area contributed by atoms with Crippen LogP contribution in [0.5, 0.6) is 5.75 Å². The molecule has 3 nitrogen and oxygen atoms in total. The van der Waals surface area contributed by atoms with E-state index in [1.54, 1.807) is 12.4 Å². The van der Waals surface area contributed by atoms with Gasteiger partial charge in [0.05, 0.1) is 25.2 Å². The topological polar surface area (TPSA) is 35.0 Å². The minimum atomic E-state index is -0.671. The summed E-state index contributed by atoms with van der Waals surface area (Å²) in [6, 6.07) is 8.22. The van der Waals surface area contributed by atoms with Gasteiger partial charge in [-0.3, -0.25) is 0 Å². The van der Waals surface area contributed by atoms with Crippen molar-refractivity contribution in [2.24, 2.45) is 0 Å². The van der Waals surface area contributed by atoms with Gasteiger partial charge in [0.25, 0.3) is 0 Å². The zero-order chi connectivity index (χ0) is 18.6. The summed E-state index contributed by atoms with van der Waals surface area (Å²) >= 11 is 0. The van der Waals surface area contributed by atoms with E-state index in [0.717, 1.165) is 37.2 Å². The van der Waals surface area contributed by atoms with Crippen LogP contribution in [0.1, 0.15) is 64.4 Å². The van der Waals surface area contributed by atoms with Crippen LogP contribution < -0.4 is 4.74 Å². The maximum atomic E-state index is 13.3.